The molecule has 0 aromatic heterocycles. The SMILES string of the molecule is NC(N)CCOS(=O)(=O)O. The summed E-state index contributed by atoms with van der Waals surface area (Å²) < 4.78 is 31.6. The van der Waals surface area contributed by atoms with Gasteiger partial charge in [-0.25, -0.2) is 4.18 Å². The van der Waals surface area contributed by atoms with Crippen molar-refractivity contribution in [3.8, 4) is 0 Å². The minimum absolute atomic E-state index is 0.180. The van der Waals surface area contributed by atoms with E-state index in [0.717, 1.165) is 0 Å². The van der Waals surface area contributed by atoms with Crippen molar-refractivity contribution in [2.45, 2.75) is 12.6 Å². The normalized spacial score (nSPS) is 12.4. The van der Waals surface area contributed by atoms with Gasteiger partial charge in [0.2, 0.25) is 0 Å². The number of hydrogen-bond acceptors (Lipinski definition) is 5. The molecule has 0 aromatic rings. The van der Waals surface area contributed by atoms with Crippen molar-refractivity contribution in [2.75, 3.05) is 6.61 Å². The van der Waals surface area contributed by atoms with Gasteiger partial charge in [-0.2, -0.15) is 8.42 Å². The van der Waals surface area contributed by atoms with Crippen LogP contribution in [0.15, 0.2) is 0 Å². The number of hydrogen-bond donors (Lipinski definition) is 3. The standard InChI is InChI=1S/C3H10N2O4S/c4-3(5)1-2-9-10(6,7)8/h3H,1-2,4-5H2,(H,6,7,8). The molecule has 0 heterocycles. The van der Waals surface area contributed by atoms with E-state index in [1.807, 2.05) is 0 Å². The van der Waals surface area contributed by atoms with Crippen molar-refractivity contribution < 1.29 is 17.2 Å². The summed E-state index contributed by atoms with van der Waals surface area (Å²) in [6.07, 6.45) is -0.443. The second-order valence-corrected chi connectivity index (χ2v) is 2.79. The summed E-state index contributed by atoms with van der Waals surface area (Å²) in [5, 5.41) is 0. The van der Waals surface area contributed by atoms with Crippen molar-refractivity contribution in [3.63, 3.8) is 0 Å². The molecule has 7 heteroatoms. The van der Waals surface area contributed by atoms with E-state index in [0.29, 0.717) is 0 Å². The quantitative estimate of drug-likeness (QED) is 0.347. The molecule has 0 fully saturated rings. The molecular formula is C3H10N2O4S. The van der Waals surface area contributed by atoms with Crippen LogP contribution in [0.4, 0.5) is 0 Å². The van der Waals surface area contributed by atoms with Gasteiger partial charge in [-0.05, 0) is 0 Å². The smallest absolute Gasteiger partial charge is 0.316 e. The molecule has 0 amide bonds. The highest BCUT2D eigenvalue weighted by molar-refractivity contribution is 7.80. The molecule has 0 unspecified atom stereocenters. The Morgan fingerprint density at radius 2 is 2.00 bits per heavy atom. The highest BCUT2D eigenvalue weighted by atomic mass is 32.3. The van der Waals surface area contributed by atoms with E-state index in [-0.39, 0.29) is 13.0 Å². The molecule has 0 atom stereocenters. The monoisotopic (exact) mass is 170 g/mol. The third kappa shape index (κ3) is 7.79. The van der Waals surface area contributed by atoms with Crippen LogP contribution in [0.3, 0.4) is 0 Å². The third-order valence-electron chi connectivity index (χ3n) is 0.683. The van der Waals surface area contributed by atoms with Gasteiger partial charge in [0.1, 0.15) is 0 Å². The molecule has 0 bridgehead atoms. The van der Waals surface area contributed by atoms with E-state index in [9.17, 15) is 8.42 Å². The van der Waals surface area contributed by atoms with Crippen LogP contribution < -0.4 is 11.5 Å². The fourth-order valence-electron chi connectivity index (χ4n) is 0.290. The lowest BCUT2D eigenvalue weighted by atomic mass is 10.4. The van der Waals surface area contributed by atoms with E-state index < -0.39 is 16.6 Å². The van der Waals surface area contributed by atoms with Crippen molar-refractivity contribution >= 4 is 10.4 Å². The first kappa shape index (κ1) is 9.79. The van der Waals surface area contributed by atoms with Crippen LogP contribution in [0.5, 0.6) is 0 Å². The van der Waals surface area contributed by atoms with Crippen LogP contribution in [-0.2, 0) is 14.6 Å². The molecule has 6 nitrogen and oxygen atoms in total. The van der Waals surface area contributed by atoms with Crippen LogP contribution in [0.25, 0.3) is 0 Å². The molecule has 0 rings (SSSR count). The summed E-state index contributed by atoms with van der Waals surface area (Å²) in [7, 11) is -4.33. The Kier molecular flexibility index (Phi) is 3.76. The summed E-state index contributed by atoms with van der Waals surface area (Å²) in [6.45, 7) is -0.198. The molecule has 0 saturated carbocycles. The van der Waals surface area contributed by atoms with E-state index in [2.05, 4.69) is 4.18 Å². The second-order valence-electron chi connectivity index (χ2n) is 1.70. The van der Waals surface area contributed by atoms with Gasteiger partial charge in [-0.1, -0.05) is 0 Å². The summed E-state index contributed by atoms with van der Waals surface area (Å²) in [5.41, 5.74) is 10.1. The Hall–Kier alpha value is -0.210. The molecule has 0 radical (unpaired) electrons. The number of rotatable bonds is 4. The third-order valence-corrected chi connectivity index (χ3v) is 1.15. The molecule has 62 valence electrons. The zero-order valence-electron chi connectivity index (χ0n) is 5.23. The maximum atomic E-state index is 9.86. The highest BCUT2D eigenvalue weighted by Crippen LogP contribution is 1.88. The summed E-state index contributed by atoms with van der Waals surface area (Å²) in [6, 6.07) is 0. The van der Waals surface area contributed by atoms with Crippen LogP contribution in [0.1, 0.15) is 6.42 Å². The Morgan fingerprint density at radius 3 is 2.30 bits per heavy atom. The Labute approximate surface area is 59.1 Å². The molecule has 0 aliphatic rings. The van der Waals surface area contributed by atoms with Gasteiger partial charge >= 0.3 is 10.4 Å². The lowest BCUT2D eigenvalue weighted by Crippen LogP contribution is -2.31. The van der Waals surface area contributed by atoms with E-state index in [1.54, 1.807) is 0 Å². The first-order chi connectivity index (χ1) is 4.42. The lowest BCUT2D eigenvalue weighted by molar-refractivity contribution is 0.258. The predicted octanol–water partition coefficient (Wildman–Crippen LogP) is -1.56. The van der Waals surface area contributed by atoms with Crippen molar-refractivity contribution in [1.29, 1.82) is 0 Å². The first-order valence-corrected chi connectivity index (χ1v) is 3.91. The van der Waals surface area contributed by atoms with Crippen LogP contribution in [-0.4, -0.2) is 25.7 Å². The maximum absolute atomic E-state index is 9.86. The van der Waals surface area contributed by atoms with Gasteiger partial charge in [-0.15, -0.1) is 0 Å². The van der Waals surface area contributed by atoms with Crippen molar-refractivity contribution in [3.05, 3.63) is 0 Å². The molecule has 0 aliphatic carbocycles. The predicted molar refractivity (Wildman–Crippen MR) is 34.3 cm³/mol. The minimum atomic E-state index is -4.33. The Balaban J connectivity index is 3.39. The lowest BCUT2D eigenvalue weighted by Gasteiger charge is -2.02. The maximum Gasteiger partial charge on any atom is 0.397 e. The van der Waals surface area contributed by atoms with Crippen LogP contribution >= 0.6 is 0 Å². The zero-order valence-corrected chi connectivity index (χ0v) is 6.04. The molecular weight excluding hydrogens is 160 g/mol. The second kappa shape index (κ2) is 3.84. The van der Waals surface area contributed by atoms with Gasteiger partial charge in [0, 0.05) is 6.42 Å². The minimum Gasteiger partial charge on any atom is -0.316 e. The van der Waals surface area contributed by atoms with Gasteiger partial charge in [0.05, 0.1) is 12.8 Å². The molecule has 0 saturated heterocycles. The first-order valence-electron chi connectivity index (χ1n) is 2.55. The summed E-state index contributed by atoms with van der Waals surface area (Å²) in [4.78, 5) is 0. The zero-order chi connectivity index (χ0) is 8.20. The fourth-order valence-corrected chi connectivity index (χ4v) is 0.596. The Morgan fingerprint density at radius 1 is 1.50 bits per heavy atom. The molecule has 0 spiro atoms. The summed E-state index contributed by atoms with van der Waals surface area (Å²) in [5.74, 6) is 0. The molecule has 0 aliphatic heterocycles. The summed E-state index contributed by atoms with van der Waals surface area (Å²) >= 11 is 0. The van der Waals surface area contributed by atoms with Gasteiger partial charge in [0.25, 0.3) is 0 Å². The van der Waals surface area contributed by atoms with Gasteiger partial charge in [0.15, 0.2) is 0 Å². The van der Waals surface area contributed by atoms with E-state index >= 15 is 0 Å². The van der Waals surface area contributed by atoms with Gasteiger partial charge < -0.3 is 11.5 Å². The topological polar surface area (TPSA) is 116 Å². The van der Waals surface area contributed by atoms with Crippen molar-refractivity contribution in [1.82, 2.24) is 0 Å². The highest BCUT2D eigenvalue weighted by Gasteiger charge is 2.03. The van der Waals surface area contributed by atoms with Crippen LogP contribution in [0.2, 0.25) is 0 Å². The number of nitrogens with two attached hydrogens (primary N) is 2. The average molecular weight is 170 g/mol. The van der Waals surface area contributed by atoms with Crippen molar-refractivity contribution in [2.24, 2.45) is 11.5 Å². The molecule has 10 heavy (non-hydrogen) atoms. The largest absolute Gasteiger partial charge is 0.397 e. The fraction of sp³-hybridized carbons (Fsp3) is 1.00. The van der Waals surface area contributed by atoms with E-state index in [4.69, 9.17) is 16.0 Å². The average Bonchev–Trinajstić information content (AvgIpc) is 1.59. The molecule has 5 N–H and O–H groups in total. The van der Waals surface area contributed by atoms with E-state index in [1.165, 1.54) is 0 Å². The van der Waals surface area contributed by atoms with Gasteiger partial charge in [-0.3, -0.25) is 4.55 Å². The Bertz CT molecular complexity index is 175. The van der Waals surface area contributed by atoms with Crippen LogP contribution in [0, 0.1) is 0 Å². The molecule has 0 aromatic carbocycles.